The van der Waals surface area contributed by atoms with Crippen molar-refractivity contribution in [1.82, 2.24) is 19.0 Å². The zero-order valence-corrected chi connectivity index (χ0v) is 17.8. The number of halogens is 1. The van der Waals surface area contributed by atoms with Gasteiger partial charge in [-0.2, -0.15) is 9.40 Å². The molecule has 158 valence electrons. The van der Waals surface area contributed by atoms with Gasteiger partial charge in [0.15, 0.2) is 0 Å². The van der Waals surface area contributed by atoms with Crippen molar-refractivity contribution < 1.29 is 17.6 Å². The van der Waals surface area contributed by atoms with Crippen molar-refractivity contribution in [1.29, 1.82) is 0 Å². The van der Waals surface area contributed by atoms with E-state index in [4.69, 9.17) is 0 Å². The van der Waals surface area contributed by atoms with Crippen LogP contribution >= 0.6 is 0 Å². The molecule has 29 heavy (non-hydrogen) atoms. The van der Waals surface area contributed by atoms with E-state index in [0.717, 1.165) is 23.5 Å². The Bertz CT molecular complexity index is 996. The van der Waals surface area contributed by atoms with E-state index >= 15 is 0 Å². The number of nitrogens with one attached hydrogen (secondary N) is 1. The van der Waals surface area contributed by atoms with Crippen LogP contribution in [0.3, 0.4) is 0 Å². The van der Waals surface area contributed by atoms with Crippen LogP contribution < -0.4 is 5.32 Å². The number of amides is 1. The lowest BCUT2D eigenvalue weighted by molar-refractivity contribution is -0.121. The second-order valence-corrected chi connectivity index (χ2v) is 9.17. The first-order valence-electron chi connectivity index (χ1n) is 9.42. The van der Waals surface area contributed by atoms with Gasteiger partial charge in [0, 0.05) is 33.2 Å². The average molecular weight is 424 g/mol. The van der Waals surface area contributed by atoms with Gasteiger partial charge >= 0.3 is 0 Å². The van der Waals surface area contributed by atoms with Crippen molar-refractivity contribution in [2.75, 3.05) is 31.5 Å². The van der Waals surface area contributed by atoms with E-state index in [2.05, 4.69) is 10.4 Å². The summed E-state index contributed by atoms with van der Waals surface area (Å²) in [6, 6.07) is 4.40. The number of rotatable bonds is 5. The molecule has 0 radical (unpaired) electrons. The molecular formula is C19H26FN5O3S. The molecule has 1 atom stereocenters. The average Bonchev–Trinajstić information content (AvgIpc) is 2.93. The van der Waals surface area contributed by atoms with E-state index in [-0.39, 0.29) is 23.9 Å². The molecule has 1 aliphatic rings. The third-order valence-corrected chi connectivity index (χ3v) is 7.32. The SMILES string of the molecule is Cc1nn(C)c(C)c1NC(=O)[C@@H](C)N1CCN(S(=O)(=O)c2ccc(F)cc2)CC1. The summed E-state index contributed by atoms with van der Waals surface area (Å²) >= 11 is 0. The van der Waals surface area contributed by atoms with Crippen molar-refractivity contribution in [3.8, 4) is 0 Å². The summed E-state index contributed by atoms with van der Waals surface area (Å²) in [5.74, 6) is -0.633. The third kappa shape index (κ3) is 4.34. The molecule has 0 unspecified atom stereocenters. The maximum atomic E-state index is 13.1. The number of carbonyl (C=O) groups is 1. The summed E-state index contributed by atoms with van der Waals surface area (Å²) in [6.45, 7) is 6.93. The monoisotopic (exact) mass is 423 g/mol. The molecule has 10 heteroatoms. The first-order chi connectivity index (χ1) is 13.6. The van der Waals surface area contributed by atoms with Gasteiger partial charge in [0.1, 0.15) is 5.82 Å². The van der Waals surface area contributed by atoms with Crippen LogP contribution in [0.25, 0.3) is 0 Å². The van der Waals surface area contributed by atoms with Crippen LogP contribution in [0.4, 0.5) is 10.1 Å². The largest absolute Gasteiger partial charge is 0.322 e. The second-order valence-electron chi connectivity index (χ2n) is 7.23. The standard InChI is InChI=1S/C19H26FN5O3S/c1-13-18(14(2)23(4)22-13)21-19(26)15(3)24-9-11-25(12-10-24)29(27,28)17-7-5-16(20)6-8-17/h5-8,15H,9-12H2,1-4H3,(H,21,26)/t15-/m1/s1. The molecule has 0 spiro atoms. The number of hydrogen-bond acceptors (Lipinski definition) is 5. The summed E-state index contributed by atoms with van der Waals surface area (Å²) in [4.78, 5) is 14.7. The van der Waals surface area contributed by atoms with Crippen molar-refractivity contribution in [3.05, 3.63) is 41.5 Å². The van der Waals surface area contributed by atoms with Crippen molar-refractivity contribution in [2.45, 2.75) is 31.7 Å². The van der Waals surface area contributed by atoms with Crippen LogP contribution in [-0.4, -0.2) is 65.5 Å². The van der Waals surface area contributed by atoms with Crippen molar-refractivity contribution >= 4 is 21.6 Å². The second kappa shape index (κ2) is 8.21. The predicted octanol–water partition coefficient (Wildman–Crippen LogP) is 1.51. The van der Waals surface area contributed by atoms with E-state index < -0.39 is 21.9 Å². The lowest BCUT2D eigenvalue weighted by atomic mass is 10.2. The highest BCUT2D eigenvalue weighted by Gasteiger charge is 2.32. The molecule has 1 aliphatic heterocycles. The number of hydrogen-bond donors (Lipinski definition) is 1. The fourth-order valence-electron chi connectivity index (χ4n) is 3.43. The summed E-state index contributed by atoms with van der Waals surface area (Å²) in [7, 11) is -1.86. The van der Waals surface area contributed by atoms with Gasteiger partial charge in [-0.25, -0.2) is 12.8 Å². The Morgan fingerprint density at radius 3 is 2.24 bits per heavy atom. The van der Waals surface area contributed by atoms with Crippen LogP contribution in [0.2, 0.25) is 0 Å². The number of anilines is 1. The smallest absolute Gasteiger partial charge is 0.243 e. The lowest BCUT2D eigenvalue weighted by Crippen LogP contribution is -2.53. The van der Waals surface area contributed by atoms with E-state index in [1.54, 1.807) is 11.6 Å². The zero-order valence-electron chi connectivity index (χ0n) is 17.0. The van der Waals surface area contributed by atoms with Crippen LogP contribution in [0.15, 0.2) is 29.2 Å². The minimum Gasteiger partial charge on any atom is -0.322 e. The van der Waals surface area contributed by atoms with Crippen LogP contribution in [0.1, 0.15) is 18.3 Å². The Labute approximate surface area is 170 Å². The Kier molecular flexibility index (Phi) is 6.06. The first kappa shape index (κ1) is 21.4. The highest BCUT2D eigenvalue weighted by atomic mass is 32.2. The van der Waals surface area contributed by atoms with Gasteiger partial charge in [0.25, 0.3) is 0 Å². The van der Waals surface area contributed by atoms with Crippen molar-refractivity contribution in [2.24, 2.45) is 7.05 Å². The molecule has 0 aliphatic carbocycles. The number of aryl methyl sites for hydroxylation is 2. The molecule has 1 aromatic carbocycles. The maximum absolute atomic E-state index is 13.1. The minimum atomic E-state index is -3.68. The van der Waals surface area contributed by atoms with E-state index in [0.29, 0.717) is 18.8 Å². The molecule has 8 nitrogen and oxygen atoms in total. The molecular weight excluding hydrogens is 397 g/mol. The van der Waals surface area contributed by atoms with E-state index in [1.165, 1.54) is 16.4 Å². The van der Waals surface area contributed by atoms with Crippen LogP contribution in [0.5, 0.6) is 0 Å². The summed E-state index contributed by atoms with van der Waals surface area (Å²) in [6.07, 6.45) is 0. The van der Waals surface area contributed by atoms with Gasteiger partial charge in [-0.3, -0.25) is 14.4 Å². The third-order valence-electron chi connectivity index (χ3n) is 5.41. The predicted molar refractivity (Wildman–Crippen MR) is 108 cm³/mol. The van der Waals surface area contributed by atoms with Gasteiger partial charge in [0.05, 0.1) is 28.0 Å². The number of nitrogens with zero attached hydrogens (tertiary/aromatic N) is 4. The van der Waals surface area contributed by atoms with Crippen molar-refractivity contribution in [3.63, 3.8) is 0 Å². The molecule has 1 amide bonds. The quantitative estimate of drug-likeness (QED) is 0.788. The van der Waals surface area contributed by atoms with Gasteiger partial charge < -0.3 is 5.32 Å². The molecule has 1 aromatic heterocycles. The van der Waals surface area contributed by atoms with Crippen LogP contribution in [-0.2, 0) is 21.9 Å². The molecule has 0 bridgehead atoms. The number of sulfonamides is 1. The Morgan fingerprint density at radius 2 is 1.72 bits per heavy atom. The fraction of sp³-hybridized carbons (Fsp3) is 0.474. The Morgan fingerprint density at radius 1 is 1.14 bits per heavy atom. The normalized spacial score (nSPS) is 17.3. The van der Waals surface area contributed by atoms with E-state index in [1.807, 2.05) is 25.8 Å². The van der Waals surface area contributed by atoms with Gasteiger partial charge in [-0.1, -0.05) is 0 Å². The number of benzene rings is 1. The first-order valence-corrected chi connectivity index (χ1v) is 10.9. The number of carbonyl (C=O) groups excluding carboxylic acids is 1. The number of piperazine rings is 1. The van der Waals surface area contributed by atoms with Gasteiger partial charge in [0.2, 0.25) is 15.9 Å². The molecule has 2 heterocycles. The maximum Gasteiger partial charge on any atom is 0.243 e. The number of aromatic nitrogens is 2. The van der Waals surface area contributed by atoms with Crippen LogP contribution in [0, 0.1) is 19.7 Å². The molecule has 1 fully saturated rings. The topological polar surface area (TPSA) is 87.5 Å². The molecule has 1 N–H and O–H groups in total. The summed E-state index contributed by atoms with van der Waals surface area (Å²) < 4.78 is 41.6. The lowest BCUT2D eigenvalue weighted by Gasteiger charge is -2.36. The van der Waals surface area contributed by atoms with Gasteiger partial charge in [-0.15, -0.1) is 0 Å². The molecule has 0 saturated carbocycles. The van der Waals surface area contributed by atoms with Gasteiger partial charge in [-0.05, 0) is 45.0 Å². The summed E-state index contributed by atoms with van der Waals surface area (Å²) in [5.41, 5.74) is 2.33. The Hall–Kier alpha value is -2.30. The molecule has 1 saturated heterocycles. The minimum absolute atomic E-state index is 0.0701. The summed E-state index contributed by atoms with van der Waals surface area (Å²) in [5, 5.41) is 7.24. The highest BCUT2D eigenvalue weighted by molar-refractivity contribution is 7.89. The highest BCUT2D eigenvalue weighted by Crippen LogP contribution is 2.21. The molecule has 2 aromatic rings. The molecule has 3 rings (SSSR count). The zero-order chi connectivity index (χ0) is 21.3. The Balaban J connectivity index is 1.62. The fourth-order valence-corrected chi connectivity index (χ4v) is 4.86. The van der Waals surface area contributed by atoms with E-state index in [9.17, 15) is 17.6 Å².